The van der Waals surface area contributed by atoms with E-state index in [2.05, 4.69) is 21.4 Å². The molecule has 9 heteroatoms. The van der Waals surface area contributed by atoms with Gasteiger partial charge in [-0.15, -0.1) is 12.4 Å². The van der Waals surface area contributed by atoms with Crippen molar-refractivity contribution in [1.82, 2.24) is 10.2 Å². The van der Waals surface area contributed by atoms with E-state index in [0.29, 0.717) is 13.0 Å². The number of nitrogens with zero attached hydrogens (tertiary/aromatic N) is 1. The third kappa shape index (κ3) is 9.63. The molecule has 0 aliphatic carbocycles. The molecule has 2 heterocycles. The molecule has 8 nitrogen and oxygen atoms in total. The molecule has 1 amide bonds. The second-order valence-electron chi connectivity index (χ2n) is 5.41. The zero-order valence-corrected chi connectivity index (χ0v) is 15.5. The number of carbonyl (C=O) groups is 3. The third-order valence-corrected chi connectivity index (χ3v) is 3.83. The fourth-order valence-corrected chi connectivity index (χ4v) is 2.61. The summed E-state index contributed by atoms with van der Waals surface area (Å²) in [5, 5.41) is 3.03. The number of methoxy groups -OCH3 is 2. The van der Waals surface area contributed by atoms with Crippen LogP contribution in [0.15, 0.2) is 12.7 Å². The number of hydrogen-bond acceptors (Lipinski definition) is 7. The molecule has 0 aromatic carbocycles. The summed E-state index contributed by atoms with van der Waals surface area (Å²) in [7, 11) is 2.73. The highest BCUT2D eigenvalue weighted by molar-refractivity contribution is 5.85. The topological polar surface area (TPSA) is 94.2 Å². The molecule has 0 bridgehead atoms. The van der Waals surface area contributed by atoms with Crippen molar-refractivity contribution < 1.29 is 28.6 Å². The van der Waals surface area contributed by atoms with E-state index in [0.717, 1.165) is 25.8 Å². The number of amides is 1. The lowest BCUT2D eigenvalue weighted by atomic mass is 10.2. The van der Waals surface area contributed by atoms with Crippen molar-refractivity contribution in [2.45, 2.75) is 52.6 Å². The summed E-state index contributed by atoms with van der Waals surface area (Å²) in [6.45, 7) is 5.08. The molecule has 2 aliphatic heterocycles. The molecule has 0 aromatic rings. The SMILES string of the molecule is C.C.C=CCOC(=O)N1CCCC1C(=O)OC.COC(=O)C1CCCN1.Cl. The highest BCUT2D eigenvalue weighted by Crippen LogP contribution is 2.19. The zero-order chi connectivity index (χ0) is 17.9. The molecule has 0 saturated carbocycles. The minimum absolute atomic E-state index is 0. The van der Waals surface area contributed by atoms with E-state index in [1.54, 1.807) is 0 Å². The summed E-state index contributed by atoms with van der Waals surface area (Å²) in [6, 6.07) is -0.526. The first-order valence-corrected chi connectivity index (χ1v) is 7.98. The van der Waals surface area contributed by atoms with Gasteiger partial charge in [0.25, 0.3) is 0 Å². The normalized spacial score (nSPS) is 19.7. The number of halogens is 1. The van der Waals surface area contributed by atoms with Gasteiger partial charge in [-0.2, -0.15) is 0 Å². The second kappa shape index (κ2) is 16.4. The molecular weight excluding hydrogens is 376 g/mol. The molecule has 2 saturated heterocycles. The maximum atomic E-state index is 11.5. The van der Waals surface area contributed by atoms with Crippen LogP contribution in [0, 0.1) is 0 Å². The average molecular weight is 411 g/mol. The first kappa shape index (κ1) is 29.9. The summed E-state index contributed by atoms with van der Waals surface area (Å²) >= 11 is 0. The van der Waals surface area contributed by atoms with Gasteiger partial charge in [0.15, 0.2) is 0 Å². The minimum Gasteiger partial charge on any atom is -0.468 e. The van der Waals surface area contributed by atoms with Gasteiger partial charge >= 0.3 is 18.0 Å². The Kier molecular flexibility index (Phi) is 18.2. The molecule has 1 N–H and O–H groups in total. The van der Waals surface area contributed by atoms with Gasteiger partial charge in [-0.3, -0.25) is 9.69 Å². The van der Waals surface area contributed by atoms with Crippen molar-refractivity contribution in [2.24, 2.45) is 0 Å². The number of hydrogen-bond donors (Lipinski definition) is 1. The maximum Gasteiger partial charge on any atom is 0.410 e. The molecule has 0 spiro atoms. The van der Waals surface area contributed by atoms with Crippen LogP contribution in [0.5, 0.6) is 0 Å². The van der Waals surface area contributed by atoms with Crippen LogP contribution >= 0.6 is 12.4 Å². The van der Waals surface area contributed by atoms with Gasteiger partial charge in [-0.25, -0.2) is 9.59 Å². The Balaban J connectivity index is -0.000000420. The van der Waals surface area contributed by atoms with Crippen molar-refractivity contribution in [2.75, 3.05) is 33.9 Å². The summed E-state index contributed by atoms with van der Waals surface area (Å²) in [6.07, 6.45) is 4.44. The lowest BCUT2D eigenvalue weighted by Crippen LogP contribution is -2.41. The predicted molar refractivity (Wildman–Crippen MR) is 107 cm³/mol. The second-order valence-corrected chi connectivity index (χ2v) is 5.41. The van der Waals surface area contributed by atoms with Crippen molar-refractivity contribution in [3.8, 4) is 0 Å². The standard InChI is InChI=1S/C10H15NO4.C6H11NO2.2CH4.ClH/c1-3-7-15-10(13)11-6-4-5-8(11)9(12)14-2;1-9-6(8)5-3-2-4-7-5;;;/h3,8H,1,4-7H2,2H3;5,7H,2-4H2,1H3;2*1H4;1H. The molecule has 2 atom stereocenters. The lowest BCUT2D eigenvalue weighted by molar-refractivity contribution is -0.145. The zero-order valence-electron chi connectivity index (χ0n) is 14.7. The number of rotatable bonds is 4. The van der Waals surface area contributed by atoms with Crippen LogP contribution in [-0.2, 0) is 23.8 Å². The predicted octanol–water partition coefficient (Wildman–Crippen LogP) is 2.55. The van der Waals surface area contributed by atoms with Crippen LogP contribution in [0.4, 0.5) is 4.79 Å². The Labute approximate surface area is 169 Å². The quantitative estimate of drug-likeness (QED) is 0.432. The number of ether oxygens (including phenoxy) is 3. The van der Waals surface area contributed by atoms with E-state index in [1.807, 2.05) is 0 Å². The Morgan fingerprint density at radius 2 is 1.74 bits per heavy atom. The van der Waals surface area contributed by atoms with E-state index >= 15 is 0 Å². The molecule has 0 radical (unpaired) electrons. The van der Waals surface area contributed by atoms with Crippen molar-refractivity contribution in [1.29, 1.82) is 0 Å². The van der Waals surface area contributed by atoms with Crippen LogP contribution in [0.2, 0.25) is 0 Å². The van der Waals surface area contributed by atoms with Gasteiger partial charge < -0.3 is 19.5 Å². The first-order valence-electron chi connectivity index (χ1n) is 7.98. The first-order chi connectivity index (χ1) is 11.5. The van der Waals surface area contributed by atoms with Crippen molar-refractivity contribution >= 4 is 30.4 Å². The number of nitrogens with one attached hydrogen (secondary N) is 1. The van der Waals surface area contributed by atoms with E-state index in [4.69, 9.17) is 4.74 Å². The van der Waals surface area contributed by atoms with Gasteiger partial charge in [-0.05, 0) is 32.2 Å². The van der Waals surface area contributed by atoms with Crippen LogP contribution in [0.1, 0.15) is 40.5 Å². The smallest absolute Gasteiger partial charge is 0.410 e. The molecule has 2 unspecified atom stereocenters. The Morgan fingerprint density at radius 1 is 1.11 bits per heavy atom. The number of carbonyl (C=O) groups excluding carboxylic acids is 3. The monoisotopic (exact) mass is 410 g/mol. The van der Waals surface area contributed by atoms with E-state index in [9.17, 15) is 14.4 Å². The average Bonchev–Trinajstić information content (AvgIpc) is 3.30. The van der Waals surface area contributed by atoms with E-state index in [-0.39, 0.29) is 51.8 Å². The number of likely N-dealkylation sites (tertiary alicyclic amines) is 1. The van der Waals surface area contributed by atoms with Gasteiger partial charge in [0.2, 0.25) is 0 Å². The summed E-state index contributed by atoms with van der Waals surface area (Å²) in [5.74, 6) is -0.518. The van der Waals surface area contributed by atoms with E-state index < -0.39 is 12.1 Å². The van der Waals surface area contributed by atoms with Crippen LogP contribution in [-0.4, -0.2) is 68.9 Å². The largest absolute Gasteiger partial charge is 0.468 e. The minimum atomic E-state index is -0.493. The molecule has 27 heavy (non-hydrogen) atoms. The van der Waals surface area contributed by atoms with Gasteiger partial charge in [0.05, 0.1) is 14.2 Å². The molecule has 2 rings (SSSR count). The number of esters is 2. The third-order valence-electron chi connectivity index (χ3n) is 3.83. The molecule has 0 aromatic heterocycles. The highest BCUT2D eigenvalue weighted by Gasteiger charge is 2.35. The lowest BCUT2D eigenvalue weighted by Gasteiger charge is -2.21. The Bertz CT molecular complexity index is 455. The van der Waals surface area contributed by atoms with Crippen LogP contribution < -0.4 is 5.32 Å². The molecular formula is C18H35ClN2O6. The summed E-state index contributed by atoms with van der Waals surface area (Å²) in [5.41, 5.74) is 0. The van der Waals surface area contributed by atoms with Gasteiger partial charge in [0.1, 0.15) is 18.7 Å². The van der Waals surface area contributed by atoms with E-state index in [1.165, 1.54) is 25.2 Å². The molecule has 160 valence electrons. The maximum absolute atomic E-state index is 11.5. The van der Waals surface area contributed by atoms with Gasteiger partial charge in [0, 0.05) is 6.54 Å². The van der Waals surface area contributed by atoms with Gasteiger partial charge in [-0.1, -0.05) is 27.5 Å². The fraction of sp³-hybridized carbons (Fsp3) is 0.722. The molecule has 2 fully saturated rings. The fourth-order valence-electron chi connectivity index (χ4n) is 2.61. The molecule has 2 aliphatic rings. The van der Waals surface area contributed by atoms with Crippen molar-refractivity contribution in [3.05, 3.63) is 12.7 Å². The van der Waals surface area contributed by atoms with Crippen molar-refractivity contribution in [3.63, 3.8) is 0 Å². The summed E-state index contributed by atoms with van der Waals surface area (Å²) in [4.78, 5) is 34.9. The Hall–Kier alpha value is -1.80. The van der Waals surface area contributed by atoms with Crippen LogP contribution in [0.3, 0.4) is 0 Å². The highest BCUT2D eigenvalue weighted by atomic mass is 35.5. The Morgan fingerprint density at radius 3 is 2.22 bits per heavy atom. The summed E-state index contributed by atoms with van der Waals surface area (Å²) < 4.78 is 14.0. The van der Waals surface area contributed by atoms with Crippen LogP contribution in [0.25, 0.3) is 0 Å².